The van der Waals surface area contributed by atoms with Gasteiger partial charge in [-0.05, 0) is 38.0 Å². The van der Waals surface area contributed by atoms with Crippen LogP contribution in [0.2, 0.25) is 0 Å². The van der Waals surface area contributed by atoms with E-state index in [1.165, 1.54) is 6.42 Å². The molecule has 2 aliphatic carbocycles. The second-order valence-electron chi connectivity index (χ2n) is 6.11. The number of carbonyl (C=O) groups excluding carboxylic acids is 2. The Bertz CT molecular complexity index is 348. The van der Waals surface area contributed by atoms with E-state index in [4.69, 9.17) is 0 Å². The van der Waals surface area contributed by atoms with E-state index in [1.54, 1.807) is 0 Å². The Hall–Kier alpha value is -1.06. The molecule has 3 fully saturated rings. The molecule has 0 aromatic carbocycles. The van der Waals surface area contributed by atoms with Crippen molar-refractivity contribution in [2.75, 3.05) is 13.1 Å². The van der Waals surface area contributed by atoms with Gasteiger partial charge in [-0.1, -0.05) is 6.42 Å². The molecule has 3 rings (SSSR count). The van der Waals surface area contributed by atoms with Crippen molar-refractivity contribution in [3.63, 3.8) is 0 Å². The van der Waals surface area contributed by atoms with Crippen molar-refractivity contribution in [1.29, 1.82) is 0 Å². The summed E-state index contributed by atoms with van der Waals surface area (Å²) in [6.45, 7) is 1.66. The maximum atomic E-state index is 12.1. The molecule has 0 bridgehead atoms. The van der Waals surface area contributed by atoms with Gasteiger partial charge in [0.1, 0.15) is 0 Å². The van der Waals surface area contributed by atoms with Crippen LogP contribution in [0.25, 0.3) is 0 Å². The van der Waals surface area contributed by atoms with E-state index in [1.807, 2.05) is 4.90 Å². The zero-order chi connectivity index (χ0) is 12.5. The molecule has 1 atom stereocenters. The van der Waals surface area contributed by atoms with Crippen molar-refractivity contribution in [2.24, 2.45) is 11.8 Å². The lowest BCUT2D eigenvalue weighted by atomic mass is 9.84. The van der Waals surface area contributed by atoms with Crippen LogP contribution in [0.4, 0.5) is 0 Å². The molecule has 18 heavy (non-hydrogen) atoms. The number of rotatable bonds is 4. The molecule has 0 aromatic heterocycles. The summed E-state index contributed by atoms with van der Waals surface area (Å²) in [5.41, 5.74) is 0. The highest BCUT2D eigenvalue weighted by molar-refractivity contribution is 5.80. The first-order chi connectivity index (χ1) is 8.72. The summed E-state index contributed by atoms with van der Waals surface area (Å²) in [5.74, 6) is 1.20. The molecule has 0 aromatic rings. The van der Waals surface area contributed by atoms with Gasteiger partial charge in [-0.3, -0.25) is 9.59 Å². The zero-order valence-corrected chi connectivity index (χ0v) is 10.9. The topological polar surface area (TPSA) is 49.4 Å². The Balaban J connectivity index is 1.42. The minimum Gasteiger partial charge on any atom is -0.353 e. The molecular formula is C14H22N2O2. The van der Waals surface area contributed by atoms with Gasteiger partial charge < -0.3 is 10.2 Å². The van der Waals surface area contributed by atoms with Crippen molar-refractivity contribution in [3.8, 4) is 0 Å². The molecule has 1 aliphatic heterocycles. The summed E-state index contributed by atoms with van der Waals surface area (Å²) in [5, 5.41) is 3.03. The Morgan fingerprint density at radius 1 is 1.11 bits per heavy atom. The molecule has 0 spiro atoms. The maximum absolute atomic E-state index is 12.1. The zero-order valence-electron chi connectivity index (χ0n) is 10.9. The van der Waals surface area contributed by atoms with Gasteiger partial charge in [0.2, 0.25) is 11.8 Å². The third-order valence-corrected chi connectivity index (χ3v) is 4.47. The van der Waals surface area contributed by atoms with E-state index in [2.05, 4.69) is 5.32 Å². The van der Waals surface area contributed by atoms with E-state index in [-0.39, 0.29) is 5.91 Å². The summed E-state index contributed by atoms with van der Waals surface area (Å²) in [4.78, 5) is 25.8. The smallest absolute Gasteiger partial charge is 0.225 e. The molecule has 1 saturated heterocycles. The Labute approximate surface area is 108 Å². The molecule has 1 heterocycles. The number of nitrogens with one attached hydrogen (secondary N) is 1. The van der Waals surface area contributed by atoms with E-state index in [0.717, 1.165) is 45.2 Å². The lowest BCUT2D eigenvalue weighted by molar-refractivity contribution is -0.137. The number of hydrogen-bond acceptors (Lipinski definition) is 2. The highest BCUT2D eigenvalue weighted by atomic mass is 16.2. The van der Waals surface area contributed by atoms with Gasteiger partial charge in [-0.15, -0.1) is 0 Å². The van der Waals surface area contributed by atoms with Gasteiger partial charge in [-0.25, -0.2) is 0 Å². The average Bonchev–Trinajstić information content (AvgIpc) is 2.92. The summed E-state index contributed by atoms with van der Waals surface area (Å²) >= 11 is 0. The standard InChI is InChI=1S/C14H22N2O2/c17-13(15-12-4-5-12)8-10-6-7-16(9-10)14(18)11-2-1-3-11/h10-12H,1-9H2,(H,15,17). The lowest BCUT2D eigenvalue weighted by Crippen LogP contribution is -2.37. The summed E-state index contributed by atoms with van der Waals surface area (Å²) < 4.78 is 0. The molecule has 0 radical (unpaired) electrons. The normalized spacial score (nSPS) is 28.0. The lowest BCUT2D eigenvalue weighted by Gasteiger charge is -2.29. The maximum Gasteiger partial charge on any atom is 0.225 e. The second kappa shape index (κ2) is 4.90. The molecule has 1 unspecified atom stereocenters. The molecule has 4 nitrogen and oxygen atoms in total. The minimum atomic E-state index is 0.181. The van der Waals surface area contributed by atoms with Crippen LogP contribution >= 0.6 is 0 Å². The number of carbonyl (C=O) groups is 2. The highest BCUT2D eigenvalue weighted by Gasteiger charge is 2.34. The molecule has 1 N–H and O–H groups in total. The SMILES string of the molecule is O=C(CC1CCN(C(=O)C2CCC2)C1)NC1CC1. The van der Waals surface area contributed by atoms with Crippen molar-refractivity contribution < 1.29 is 9.59 Å². The van der Waals surface area contributed by atoms with E-state index >= 15 is 0 Å². The Morgan fingerprint density at radius 3 is 2.50 bits per heavy atom. The van der Waals surface area contributed by atoms with E-state index in [0.29, 0.717) is 30.2 Å². The average molecular weight is 250 g/mol. The summed E-state index contributed by atoms with van der Waals surface area (Å²) in [6, 6.07) is 0.451. The van der Waals surface area contributed by atoms with Crippen LogP contribution in [0, 0.1) is 11.8 Å². The molecule has 100 valence electrons. The van der Waals surface area contributed by atoms with Crippen LogP contribution in [0.1, 0.15) is 44.9 Å². The van der Waals surface area contributed by atoms with Gasteiger partial charge >= 0.3 is 0 Å². The van der Waals surface area contributed by atoms with Crippen LogP contribution in [-0.4, -0.2) is 35.8 Å². The fraction of sp³-hybridized carbons (Fsp3) is 0.857. The summed E-state index contributed by atoms with van der Waals surface area (Å²) in [7, 11) is 0. The molecule has 4 heteroatoms. The predicted molar refractivity (Wildman–Crippen MR) is 67.8 cm³/mol. The molecule has 2 amide bonds. The fourth-order valence-corrected chi connectivity index (χ4v) is 2.89. The highest BCUT2D eigenvalue weighted by Crippen LogP contribution is 2.31. The van der Waals surface area contributed by atoms with E-state index < -0.39 is 0 Å². The van der Waals surface area contributed by atoms with Crippen LogP contribution in [0.5, 0.6) is 0 Å². The van der Waals surface area contributed by atoms with Gasteiger partial charge in [-0.2, -0.15) is 0 Å². The van der Waals surface area contributed by atoms with Gasteiger partial charge in [0.15, 0.2) is 0 Å². The van der Waals surface area contributed by atoms with Gasteiger partial charge in [0.05, 0.1) is 0 Å². The van der Waals surface area contributed by atoms with Crippen LogP contribution in [0.3, 0.4) is 0 Å². The molecule has 2 saturated carbocycles. The van der Waals surface area contributed by atoms with E-state index in [9.17, 15) is 9.59 Å². The predicted octanol–water partition coefficient (Wildman–Crippen LogP) is 1.30. The summed E-state index contributed by atoms with van der Waals surface area (Å²) in [6.07, 6.45) is 7.23. The minimum absolute atomic E-state index is 0.181. The van der Waals surface area contributed by atoms with Crippen LogP contribution < -0.4 is 5.32 Å². The largest absolute Gasteiger partial charge is 0.353 e. The molecule has 3 aliphatic rings. The third-order valence-electron chi connectivity index (χ3n) is 4.47. The van der Waals surface area contributed by atoms with Crippen molar-refractivity contribution in [1.82, 2.24) is 10.2 Å². The Morgan fingerprint density at radius 2 is 1.89 bits per heavy atom. The fourth-order valence-electron chi connectivity index (χ4n) is 2.89. The quantitative estimate of drug-likeness (QED) is 0.817. The van der Waals surface area contributed by atoms with Crippen LogP contribution in [0.15, 0.2) is 0 Å². The third kappa shape index (κ3) is 2.68. The first kappa shape index (κ1) is 12.0. The number of hydrogen-bond donors (Lipinski definition) is 1. The molecular weight excluding hydrogens is 228 g/mol. The van der Waals surface area contributed by atoms with Crippen molar-refractivity contribution in [2.45, 2.75) is 51.0 Å². The number of amides is 2. The van der Waals surface area contributed by atoms with Gasteiger partial charge in [0.25, 0.3) is 0 Å². The van der Waals surface area contributed by atoms with Crippen molar-refractivity contribution >= 4 is 11.8 Å². The van der Waals surface area contributed by atoms with Crippen molar-refractivity contribution in [3.05, 3.63) is 0 Å². The second-order valence-corrected chi connectivity index (χ2v) is 6.11. The number of likely N-dealkylation sites (tertiary alicyclic amines) is 1. The Kier molecular flexibility index (Phi) is 3.27. The number of nitrogens with zero attached hydrogens (tertiary/aromatic N) is 1. The first-order valence-electron chi connectivity index (χ1n) is 7.30. The monoisotopic (exact) mass is 250 g/mol. The van der Waals surface area contributed by atoms with Crippen LogP contribution in [-0.2, 0) is 9.59 Å². The first-order valence-corrected chi connectivity index (χ1v) is 7.30. The van der Waals surface area contributed by atoms with Gasteiger partial charge in [0, 0.05) is 31.5 Å².